The van der Waals surface area contributed by atoms with Crippen LogP contribution in [0.4, 0.5) is 0 Å². The average Bonchev–Trinajstić information content (AvgIpc) is 3.17. The predicted octanol–water partition coefficient (Wildman–Crippen LogP) is 3.99. The smallest absolute Gasteiger partial charge is 0.234 e. The van der Waals surface area contributed by atoms with Crippen molar-refractivity contribution in [2.75, 3.05) is 46.9 Å². The third kappa shape index (κ3) is 7.32. The van der Waals surface area contributed by atoms with Gasteiger partial charge in [-0.05, 0) is 72.6 Å². The first-order valence-corrected chi connectivity index (χ1v) is 12.6. The molecule has 0 unspecified atom stereocenters. The van der Waals surface area contributed by atoms with Gasteiger partial charge in [0.05, 0.1) is 38.4 Å². The highest BCUT2D eigenvalue weighted by Crippen LogP contribution is 2.26. The second kappa shape index (κ2) is 12.9. The Balaban J connectivity index is 1.38. The van der Waals surface area contributed by atoms with Crippen LogP contribution >= 0.6 is 0 Å². The summed E-state index contributed by atoms with van der Waals surface area (Å²) in [5.41, 5.74) is 3.86. The Kier molecular flexibility index (Phi) is 9.14. The van der Waals surface area contributed by atoms with E-state index in [2.05, 4.69) is 21.2 Å². The number of nitrogens with zero attached hydrogens (tertiary/aromatic N) is 3. The minimum atomic E-state index is -0.274. The number of carbonyl (C=O) groups is 1. The van der Waals surface area contributed by atoms with Crippen LogP contribution in [0.1, 0.15) is 34.7 Å². The fourth-order valence-electron chi connectivity index (χ4n) is 4.65. The summed E-state index contributed by atoms with van der Waals surface area (Å²) in [5.74, 6) is 1.55. The van der Waals surface area contributed by atoms with Crippen LogP contribution in [0.15, 0.2) is 72.8 Å². The van der Waals surface area contributed by atoms with E-state index in [-0.39, 0.29) is 11.9 Å². The lowest BCUT2D eigenvalue weighted by molar-refractivity contribution is -0.122. The lowest BCUT2D eigenvalue weighted by atomic mass is 9.98. The predicted molar refractivity (Wildman–Crippen MR) is 143 cm³/mol. The molecule has 0 bridgehead atoms. The number of nitriles is 1. The van der Waals surface area contributed by atoms with Gasteiger partial charge < -0.3 is 14.8 Å². The van der Waals surface area contributed by atoms with E-state index in [1.165, 1.54) is 5.56 Å². The van der Waals surface area contributed by atoms with Crippen LogP contribution in [0, 0.1) is 11.3 Å². The van der Waals surface area contributed by atoms with Gasteiger partial charge >= 0.3 is 0 Å². The lowest BCUT2D eigenvalue weighted by Gasteiger charge is -2.24. The third-order valence-electron chi connectivity index (χ3n) is 6.74. The molecule has 1 aliphatic heterocycles. The topological polar surface area (TPSA) is 77.8 Å². The fourth-order valence-corrected chi connectivity index (χ4v) is 4.65. The molecule has 0 radical (unpaired) electrons. The highest BCUT2D eigenvalue weighted by atomic mass is 16.5. The minimum Gasteiger partial charge on any atom is -0.497 e. The van der Waals surface area contributed by atoms with Crippen LogP contribution in [-0.4, -0.2) is 62.7 Å². The van der Waals surface area contributed by atoms with Crippen molar-refractivity contribution in [3.63, 3.8) is 0 Å². The molecule has 7 nitrogen and oxygen atoms in total. The van der Waals surface area contributed by atoms with Crippen molar-refractivity contribution in [2.24, 2.45) is 0 Å². The molecule has 192 valence electrons. The van der Waals surface area contributed by atoms with Crippen molar-refractivity contribution in [3.8, 4) is 17.6 Å². The summed E-state index contributed by atoms with van der Waals surface area (Å²) >= 11 is 0. The zero-order valence-corrected chi connectivity index (χ0v) is 21.5. The van der Waals surface area contributed by atoms with Gasteiger partial charge in [0.15, 0.2) is 0 Å². The van der Waals surface area contributed by atoms with E-state index in [0.29, 0.717) is 12.1 Å². The molecule has 1 saturated heterocycles. The van der Waals surface area contributed by atoms with Crippen molar-refractivity contribution in [1.29, 1.82) is 5.26 Å². The number of ether oxygens (including phenoxy) is 2. The molecule has 1 amide bonds. The van der Waals surface area contributed by atoms with Gasteiger partial charge in [-0.25, -0.2) is 0 Å². The SMILES string of the molecule is COc1ccc(C(NC(=O)CN2CCCN(Cc3ccc(C#N)cc3)CC2)c2ccc(OC)cc2)cc1. The molecule has 4 rings (SSSR count). The molecular weight excluding hydrogens is 464 g/mol. The maximum atomic E-state index is 13.2. The quantitative estimate of drug-likeness (QED) is 0.481. The number of rotatable bonds is 9. The molecule has 0 aromatic heterocycles. The average molecular weight is 499 g/mol. The minimum absolute atomic E-state index is 0.00261. The highest BCUT2D eigenvalue weighted by Gasteiger charge is 2.21. The highest BCUT2D eigenvalue weighted by molar-refractivity contribution is 5.79. The summed E-state index contributed by atoms with van der Waals surface area (Å²) in [4.78, 5) is 17.9. The second-order valence-corrected chi connectivity index (χ2v) is 9.26. The zero-order chi connectivity index (χ0) is 26.0. The molecule has 1 heterocycles. The maximum Gasteiger partial charge on any atom is 0.234 e. The molecule has 0 atom stereocenters. The van der Waals surface area contributed by atoms with Crippen LogP contribution in [0.5, 0.6) is 11.5 Å². The standard InChI is InChI=1S/C30H34N4O3/c1-36-27-12-8-25(9-13-27)30(26-10-14-28(37-2)15-11-26)32-29(35)22-34-17-3-16-33(18-19-34)21-24-6-4-23(20-31)5-7-24/h4-15,30H,3,16-19,21-22H2,1-2H3,(H,32,35). The van der Waals surface area contributed by atoms with Gasteiger partial charge in [0, 0.05) is 19.6 Å². The number of benzene rings is 3. The summed E-state index contributed by atoms with van der Waals surface area (Å²) in [5, 5.41) is 12.3. The summed E-state index contributed by atoms with van der Waals surface area (Å²) < 4.78 is 10.6. The van der Waals surface area contributed by atoms with Gasteiger partial charge in [0.2, 0.25) is 5.91 Å². The molecule has 0 aliphatic carbocycles. The summed E-state index contributed by atoms with van der Waals surface area (Å²) in [6.45, 7) is 4.80. The fraction of sp³-hybridized carbons (Fsp3) is 0.333. The molecule has 1 aliphatic rings. The molecule has 1 N–H and O–H groups in total. The summed E-state index contributed by atoms with van der Waals surface area (Å²) in [6, 6.07) is 25.3. The van der Waals surface area contributed by atoms with Gasteiger partial charge in [-0.3, -0.25) is 14.6 Å². The Bertz CT molecular complexity index is 1140. The number of methoxy groups -OCH3 is 2. The van der Waals surface area contributed by atoms with E-state index in [0.717, 1.165) is 61.8 Å². The van der Waals surface area contributed by atoms with Gasteiger partial charge in [0.1, 0.15) is 11.5 Å². The van der Waals surface area contributed by atoms with Crippen LogP contribution in [-0.2, 0) is 11.3 Å². The number of hydrogen-bond acceptors (Lipinski definition) is 6. The van der Waals surface area contributed by atoms with Gasteiger partial charge in [-0.2, -0.15) is 5.26 Å². The van der Waals surface area contributed by atoms with Crippen LogP contribution in [0.3, 0.4) is 0 Å². The van der Waals surface area contributed by atoms with Crippen molar-refractivity contribution >= 4 is 5.91 Å². The van der Waals surface area contributed by atoms with E-state index in [1.807, 2.05) is 72.8 Å². The number of hydrogen-bond donors (Lipinski definition) is 1. The van der Waals surface area contributed by atoms with E-state index in [4.69, 9.17) is 14.7 Å². The molecule has 0 spiro atoms. The van der Waals surface area contributed by atoms with Gasteiger partial charge in [0.25, 0.3) is 0 Å². The van der Waals surface area contributed by atoms with E-state index < -0.39 is 0 Å². The first kappa shape index (κ1) is 26.2. The Morgan fingerprint density at radius 3 is 1.92 bits per heavy atom. The van der Waals surface area contributed by atoms with Crippen LogP contribution < -0.4 is 14.8 Å². The van der Waals surface area contributed by atoms with Crippen molar-refractivity contribution in [2.45, 2.75) is 19.0 Å². The van der Waals surface area contributed by atoms with E-state index in [1.54, 1.807) is 14.2 Å². The largest absolute Gasteiger partial charge is 0.497 e. The van der Waals surface area contributed by atoms with Crippen LogP contribution in [0.2, 0.25) is 0 Å². The molecule has 3 aromatic carbocycles. The normalized spacial score (nSPS) is 14.5. The summed E-state index contributed by atoms with van der Waals surface area (Å²) in [6.07, 6.45) is 1.00. The Morgan fingerprint density at radius 1 is 0.838 bits per heavy atom. The van der Waals surface area contributed by atoms with E-state index >= 15 is 0 Å². The van der Waals surface area contributed by atoms with Crippen LogP contribution in [0.25, 0.3) is 0 Å². The monoisotopic (exact) mass is 498 g/mol. The Hall–Kier alpha value is -3.86. The zero-order valence-electron chi connectivity index (χ0n) is 21.5. The first-order chi connectivity index (χ1) is 18.1. The molecule has 0 saturated carbocycles. The van der Waals surface area contributed by atoms with E-state index in [9.17, 15) is 4.79 Å². The molecule has 7 heteroatoms. The third-order valence-corrected chi connectivity index (χ3v) is 6.74. The molecule has 1 fully saturated rings. The van der Waals surface area contributed by atoms with Gasteiger partial charge in [-0.15, -0.1) is 0 Å². The molecular formula is C30H34N4O3. The molecule has 3 aromatic rings. The number of nitrogens with one attached hydrogen (secondary N) is 1. The maximum absolute atomic E-state index is 13.2. The van der Waals surface area contributed by atoms with Crippen molar-refractivity contribution in [1.82, 2.24) is 15.1 Å². The lowest BCUT2D eigenvalue weighted by Crippen LogP contribution is -2.40. The van der Waals surface area contributed by atoms with Crippen molar-refractivity contribution < 1.29 is 14.3 Å². The van der Waals surface area contributed by atoms with Gasteiger partial charge in [-0.1, -0.05) is 36.4 Å². The second-order valence-electron chi connectivity index (χ2n) is 9.26. The Labute approximate surface area is 219 Å². The Morgan fingerprint density at radius 2 is 1.38 bits per heavy atom. The summed E-state index contributed by atoms with van der Waals surface area (Å²) in [7, 11) is 3.29. The number of carbonyl (C=O) groups excluding carboxylic acids is 1. The molecule has 37 heavy (non-hydrogen) atoms. The number of amides is 1. The van der Waals surface area contributed by atoms with Crippen molar-refractivity contribution in [3.05, 3.63) is 95.1 Å². The first-order valence-electron chi connectivity index (χ1n) is 12.6.